The van der Waals surface area contributed by atoms with Crippen LogP contribution in [0.2, 0.25) is 0 Å². The minimum Gasteiger partial charge on any atom is -0.496 e. The van der Waals surface area contributed by atoms with Gasteiger partial charge in [0.05, 0.1) is 28.6 Å². The largest absolute Gasteiger partial charge is 0.496 e. The van der Waals surface area contributed by atoms with Gasteiger partial charge in [-0.2, -0.15) is 0 Å². The van der Waals surface area contributed by atoms with E-state index in [0.717, 1.165) is 5.56 Å². The van der Waals surface area contributed by atoms with Gasteiger partial charge in [-0.1, -0.05) is 41.6 Å². The maximum absolute atomic E-state index is 13.4. The fourth-order valence-corrected chi connectivity index (χ4v) is 4.75. The molecule has 9 nitrogen and oxygen atoms in total. The zero-order chi connectivity index (χ0) is 23.8. The first-order valence-corrected chi connectivity index (χ1v) is 11.4. The molecule has 5 rings (SSSR count). The average molecular weight is 474 g/mol. The SMILES string of the molecule is COc1ccc([N+](=O)[O-])cc1CSc1nnc2n(-c3ccc(C)cc3)c(=O)c3ccccc3n12. The van der Waals surface area contributed by atoms with Crippen molar-refractivity contribution in [2.24, 2.45) is 0 Å². The highest BCUT2D eigenvalue weighted by molar-refractivity contribution is 7.98. The third kappa shape index (κ3) is 3.67. The van der Waals surface area contributed by atoms with Crippen molar-refractivity contribution in [2.75, 3.05) is 7.11 Å². The molecule has 0 aliphatic heterocycles. The number of nitrogens with zero attached hydrogens (tertiary/aromatic N) is 5. The maximum Gasteiger partial charge on any atom is 0.270 e. The number of non-ortho nitro benzene ring substituents is 1. The molecule has 0 fully saturated rings. The molecule has 34 heavy (non-hydrogen) atoms. The van der Waals surface area contributed by atoms with Crippen LogP contribution < -0.4 is 10.3 Å². The van der Waals surface area contributed by atoms with E-state index in [2.05, 4.69) is 10.2 Å². The molecule has 170 valence electrons. The van der Waals surface area contributed by atoms with Crippen LogP contribution in [0.5, 0.6) is 5.75 Å². The molecule has 0 unspecified atom stereocenters. The van der Waals surface area contributed by atoms with Crippen LogP contribution in [0.1, 0.15) is 11.1 Å². The molecule has 0 spiro atoms. The van der Waals surface area contributed by atoms with E-state index in [1.165, 1.54) is 31.0 Å². The van der Waals surface area contributed by atoms with Gasteiger partial charge in [0.1, 0.15) is 5.75 Å². The van der Waals surface area contributed by atoms with Crippen molar-refractivity contribution >= 4 is 34.1 Å². The van der Waals surface area contributed by atoms with Gasteiger partial charge in [-0.05, 0) is 37.3 Å². The van der Waals surface area contributed by atoms with Gasteiger partial charge in [0.2, 0.25) is 5.78 Å². The van der Waals surface area contributed by atoms with Crippen LogP contribution in [-0.2, 0) is 5.75 Å². The Morgan fingerprint density at radius 1 is 1.06 bits per heavy atom. The highest BCUT2D eigenvalue weighted by atomic mass is 32.2. The second kappa shape index (κ2) is 8.64. The van der Waals surface area contributed by atoms with Crippen LogP contribution in [0.3, 0.4) is 0 Å². The number of hydrogen-bond acceptors (Lipinski definition) is 7. The summed E-state index contributed by atoms with van der Waals surface area (Å²) in [5.41, 5.74) is 2.92. The summed E-state index contributed by atoms with van der Waals surface area (Å²) in [6, 6.07) is 19.4. The zero-order valence-corrected chi connectivity index (χ0v) is 19.2. The quantitative estimate of drug-likeness (QED) is 0.202. The molecule has 2 aromatic heterocycles. The van der Waals surface area contributed by atoms with Crippen molar-refractivity contribution in [1.29, 1.82) is 0 Å². The number of fused-ring (bicyclic) bond motifs is 3. The van der Waals surface area contributed by atoms with E-state index in [4.69, 9.17) is 4.74 Å². The highest BCUT2D eigenvalue weighted by Gasteiger charge is 2.19. The topological polar surface area (TPSA) is 105 Å². The summed E-state index contributed by atoms with van der Waals surface area (Å²) in [5, 5.41) is 21.0. The Kier molecular flexibility index (Phi) is 5.50. The van der Waals surface area contributed by atoms with Gasteiger partial charge in [0.15, 0.2) is 5.16 Å². The number of aryl methyl sites for hydroxylation is 1. The molecule has 3 aromatic carbocycles. The number of nitro groups is 1. The zero-order valence-electron chi connectivity index (χ0n) is 18.3. The van der Waals surface area contributed by atoms with Gasteiger partial charge >= 0.3 is 0 Å². The monoisotopic (exact) mass is 473 g/mol. The minimum atomic E-state index is -0.437. The lowest BCUT2D eigenvalue weighted by Crippen LogP contribution is -2.21. The number of aromatic nitrogens is 4. The summed E-state index contributed by atoms with van der Waals surface area (Å²) in [7, 11) is 1.52. The Hall–Kier alpha value is -4.18. The highest BCUT2D eigenvalue weighted by Crippen LogP contribution is 2.31. The van der Waals surface area contributed by atoms with E-state index < -0.39 is 4.92 Å². The third-order valence-electron chi connectivity index (χ3n) is 5.52. The number of thioether (sulfide) groups is 1. The van der Waals surface area contributed by atoms with Gasteiger partial charge in [0, 0.05) is 23.4 Å². The molecule has 0 saturated carbocycles. The molecule has 0 radical (unpaired) electrons. The van der Waals surface area contributed by atoms with Crippen LogP contribution in [0.15, 0.2) is 76.7 Å². The first-order chi connectivity index (χ1) is 16.5. The molecule has 0 atom stereocenters. The molecule has 0 saturated heterocycles. The van der Waals surface area contributed by atoms with Crippen molar-refractivity contribution < 1.29 is 9.66 Å². The lowest BCUT2D eigenvalue weighted by Gasteiger charge is -2.12. The molecule has 0 aliphatic rings. The van der Waals surface area contributed by atoms with Crippen LogP contribution >= 0.6 is 11.8 Å². The standard InChI is InChI=1S/C24H19N5O4S/c1-15-7-9-17(10-8-15)27-22(30)19-5-3-4-6-20(19)28-23(27)25-26-24(28)34-14-16-13-18(29(31)32)11-12-21(16)33-2/h3-13H,14H2,1-2H3. The van der Waals surface area contributed by atoms with Gasteiger partial charge in [-0.3, -0.25) is 19.3 Å². The first kappa shape index (κ1) is 21.7. The van der Waals surface area contributed by atoms with Crippen molar-refractivity contribution in [3.05, 3.63) is 98.3 Å². The fraction of sp³-hybridized carbons (Fsp3) is 0.125. The molecule has 0 bridgehead atoms. The van der Waals surface area contributed by atoms with Crippen LogP contribution in [0.4, 0.5) is 5.69 Å². The van der Waals surface area contributed by atoms with E-state index in [-0.39, 0.29) is 11.2 Å². The predicted octanol–water partition coefficient (Wildman–Crippen LogP) is 4.55. The summed E-state index contributed by atoms with van der Waals surface area (Å²) in [4.78, 5) is 24.2. The number of para-hydroxylation sites is 1. The lowest BCUT2D eigenvalue weighted by atomic mass is 10.2. The number of benzene rings is 3. The van der Waals surface area contributed by atoms with Crippen molar-refractivity contribution in [2.45, 2.75) is 17.8 Å². The first-order valence-electron chi connectivity index (χ1n) is 10.4. The van der Waals surface area contributed by atoms with Crippen LogP contribution in [0, 0.1) is 17.0 Å². The Morgan fingerprint density at radius 3 is 2.56 bits per heavy atom. The fourth-order valence-electron chi connectivity index (χ4n) is 3.83. The molecule has 5 aromatic rings. The number of hydrogen-bond donors (Lipinski definition) is 0. The van der Waals surface area contributed by atoms with E-state index in [9.17, 15) is 14.9 Å². The minimum absolute atomic E-state index is 0.0128. The molecule has 0 aliphatic carbocycles. The Bertz CT molecular complexity index is 1610. The van der Waals surface area contributed by atoms with E-state index in [1.807, 2.05) is 53.8 Å². The molecular weight excluding hydrogens is 454 g/mol. The lowest BCUT2D eigenvalue weighted by molar-refractivity contribution is -0.384. The summed E-state index contributed by atoms with van der Waals surface area (Å²) in [6.07, 6.45) is 0. The Balaban J connectivity index is 1.66. The van der Waals surface area contributed by atoms with Crippen molar-refractivity contribution in [1.82, 2.24) is 19.2 Å². The van der Waals surface area contributed by atoms with Crippen LogP contribution in [-0.4, -0.2) is 31.2 Å². The van der Waals surface area contributed by atoms with Gasteiger partial charge < -0.3 is 4.74 Å². The number of ether oxygens (including phenoxy) is 1. The van der Waals surface area contributed by atoms with E-state index in [0.29, 0.717) is 44.6 Å². The summed E-state index contributed by atoms with van der Waals surface area (Å²) < 4.78 is 8.77. The number of rotatable bonds is 6. The molecule has 0 N–H and O–H groups in total. The van der Waals surface area contributed by atoms with E-state index in [1.54, 1.807) is 16.7 Å². The second-order valence-corrected chi connectivity index (χ2v) is 8.60. The van der Waals surface area contributed by atoms with Crippen LogP contribution in [0.25, 0.3) is 22.4 Å². The smallest absolute Gasteiger partial charge is 0.270 e. The number of methoxy groups -OCH3 is 1. The predicted molar refractivity (Wildman–Crippen MR) is 130 cm³/mol. The van der Waals surface area contributed by atoms with Crippen molar-refractivity contribution in [3.63, 3.8) is 0 Å². The second-order valence-electron chi connectivity index (χ2n) is 7.65. The summed E-state index contributed by atoms with van der Waals surface area (Å²) >= 11 is 1.36. The van der Waals surface area contributed by atoms with Gasteiger partial charge in [0.25, 0.3) is 11.2 Å². The molecule has 10 heteroatoms. The molecule has 0 amide bonds. The summed E-state index contributed by atoms with van der Waals surface area (Å²) in [5.74, 6) is 1.30. The molecular formula is C24H19N5O4S. The molecule has 2 heterocycles. The third-order valence-corrected chi connectivity index (χ3v) is 6.50. The summed E-state index contributed by atoms with van der Waals surface area (Å²) in [6.45, 7) is 1.98. The van der Waals surface area contributed by atoms with E-state index >= 15 is 0 Å². The number of nitro benzene ring substituents is 1. The normalized spacial score (nSPS) is 11.2. The Morgan fingerprint density at radius 2 is 1.82 bits per heavy atom. The van der Waals surface area contributed by atoms with Gasteiger partial charge in [-0.15, -0.1) is 10.2 Å². The van der Waals surface area contributed by atoms with Crippen molar-refractivity contribution in [3.8, 4) is 11.4 Å². The average Bonchev–Trinajstić information content (AvgIpc) is 3.27. The Labute approximate surface area is 197 Å². The maximum atomic E-state index is 13.4. The van der Waals surface area contributed by atoms with Gasteiger partial charge in [-0.25, -0.2) is 4.57 Å².